The topological polar surface area (TPSA) is 67.8 Å². The van der Waals surface area contributed by atoms with E-state index in [1.165, 1.54) is 5.56 Å². The molecule has 0 fully saturated rings. The molecule has 2 heterocycles. The minimum Gasteiger partial charge on any atom is -0.460 e. The molecular formula is C15H15N3O. The van der Waals surface area contributed by atoms with Gasteiger partial charge in [-0.3, -0.25) is 5.10 Å². The minimum absolute atomic E-state index is 0.480. The predicted molar refractivity (Wildman–Crippen MR) is 75.6 cm³/mol. The number of H-pyrrole nitrogens is 1. The fraction of sp³-hybridized carbons (Fsp3) is 0.133. The maximum Gasteiger partial charge on any atom is 0.153 e. The zero-order chi connectivity index (χ0) is 13.4. The molecule has 0 bridgehead atoms. The van der Waals surface area contributed by atoms with Gasteiger partial charge in [-0.2, -0.15) is 5.10 Å². The molecule has 3 N–H and O–H groups in total. The molecule has 0 aliphatic rings. The zero-order valence-electron chi connectivity index (χ0n) is 10.9. The molecule has 0 radical (unpaired) electrons. The van der Waals surface area contributed by atoms with Crippen molar-refractivity contribution >= 4 is 5.82 Å². The van der Waals surface area contributed by atoms with Crippen LogP contribution in [0.2, 0.25) is 0 Å². The molecule has 4 heteroatoms. The van der Waals surface area contributed by atoms with Crippen molar-refractivity contribution in [3.8, 4) is 22.6 Å². The van der Waals surface area contributed by atoms with E-state index in [0.29, 0.717) is 5.82 Å². The van der Waals surface area contributed by atoms with Crippen molar-refractivity contribution in [2.45, 2.75) is 13.8 Å². The lowest BCUT2D eigenvalue weighted by Gasteiger charge is -2.03. The van der Waals surface area contributed by atoms with E-state index in [4.69, 9.17) is 10.2 Å². The number of nitrogens with two attached hydrogens (primary N) is 1. The Bertz CT molecular complexity index is 707. The summed E-state index contributed by atoms with van der Waals surface area (Å²) in [5.41, 5.74) is 9.91. The molecule has 0 atom stereocenters. The standard InChI is InChI=1S/C15H15N3O/c1-9-3-6-11(7-4-9)13-14(17-18-15(13)16)12-8-5-10(2)19-12/h3-8H,1-2H3,(H3,16,17,18). The zero-order valence-corrected chi connectivity index (χ0v) is 10.9. The number of nitrogens with one attached hydrogen (secondary N) is 1. The van der Waals surface area contributed by atoms with Crippen LogP contribution in [-0.4, -0.2) is 10.2 Å². The molecule has 0 amide bonds. The van der Waals surface area contributed by atoms with Gasteiger partial charge in [-0.1, -0.05) is 29.8 Å². The van der Waals surface area contributed by atoms with Gasteiger partial charge in [0.05, 0.1) is 5.56 Å². The third-order valence-corrected chi connectivity index (χ3v) is 3.12. The summed E-state index contributed by atoms with van der Waals surface area (Å²) in [6, 6.07) is 12.0. The van der Waals surface area contributed by atoms with E-state index >= 15 is 0 Å². The van der Waals surface area contributed by atoms with Crippen molar-refractivity contribution < 1.29 is 4.42 Å². The first-order valence-corrected chi connectivity index (χ1v) is 6.13. The van der Waals surface area contributed by atoms with Crippen molar-refractivity contribution in [3.63, 3.8) is 0 Å². The number of aromatic amines is 1. The van der Waals surface area contributed by atoms with Crippen molar-refractivity contribution in [3.05, 3.63) is 47.7 Å². The summed E-state index contributed by atoms with van der Waals surface area (Å²) in [5.74, 6) is 2.09. The first kappa shape index (κ1) is 11.6. The average Bonchev–Trinajstić information content (AvgIpc) is 2.97. The number of rotatable bonds is 2. The first-order chi connectivity index (χ1) is 9.15. The van der Waals surface area contributed by atoms with E-state index in [9.17, 15) is 0 Å². The molecule has 0 saturated heterocycles. The van der Waals surface area contributed by atoms with E-state index < -0.39 is 0 Å². The third-order valence-electron chi connectivity index (χ3n) is 3.12. The second-order valence-electron chi connectivity index (χ2n) is 4.64. The van der Waals surface area contributed by atoms with Crippen LogP contribution in [0.3, 0.4) is 0 Å². The van der Waals surface area contributed by atoms with Gasteiger partial charge in [0.2, 0.25) is 0 Å². The molecule has 4 nitrogen and oxygen atoms in total. The SMILES string of the molecule is Cc1ccc(-c2c(N)n[nH]c2-c2ccc(C)o2)cc1. The van der Waals surface area contributed by atoms with E-state index in [-0.39, 0.29) is 0 Å². The van der Waals surface area contributed by atoms with Crippen LogP contribution in [0.25, 0.3) is 22.6 Å². The van der Waals surface area contributed by atoms with Crippen LogP contribution < -0.4 is 5.73 Å². The summed E-state index contributed by atoms with van der Waals surface area (Å²) in [4.78, 5) is 0. The normalized spacial score (nSPS) is 10.8. The van der Waals surface area contributed by atoms with Crippen LogP contribution in [0.15, 0.2) is 40.8 Å². The number of hydrogen-bond donors (Lipinski definition) is 2. The molecule has 0 aliphatic heterocycles. The monoisotopic (exact) mass is 253 g/mol. The Balaban J connectivity index is 2.16. The maximum atomic E-state index is 5.97. The highest BCUT2D eigenvalue weighted by atomic mass is 16.3. The van der Waals surface area contributed by atoms with Gasteiger partial charge in [-0.25, -0.2) is 0 Å². The van der Waals surface area contributed by atoms with Crippen molar-refractivity contribution in [1.82, 2.24) is 10.2 Å². The molecule has 2 aromatic heterocycles. The van der Waals surface area contributed by atoms with E-state index in [1.807, 2.05) is 31.2 Å². The molecule has 0 aliphatic carbocycles. The van der Waals surface area contributed by atoms with Crippen LogP contribution in [0.1, 0.15) is 11.3 Å². The lowest BCUT2D eigenvalue weighted by molar-refractivity contribution is 0.546. The second kappa shape index (κ2) is 4.31. The Morgan fingerprint density at radius 3 is 2.42 bits per heavy atom. The fourth-order valence-corrected chi connectivity index (χ4v) is 2.12. The van der Waals surface area contributed by atoms with Crippen molar-refractivity contribution in [2.24, 2.45) is 0 Å². The molecule has 3 aromatic rings. The third kappa shape index (κ3) is 2.01. The van der Waals surface area contributed by atoms with Gasteiger partial charge >= 0.3 is 0 Å². The summed E-state index contributed by atoms with van der Waals surface area (Å²) in [6.45, 7) is 3.97. The average molecular weight is 253 g/mol. The summed E-state index contributed by atoms with van der Waals surface area (Å²) >= 11 is 0. The van der Waals surface area contributed by atoms with Gasteiger partial charge in [0.1, 0.15) is 11.5 Å². The Morgan fingerprint density at radius 1 is 1.05 bits per heavy atom. The Kier molecular flexibility index (Phi) is 2.63. The molecule has 96 valence electrons. The smallest absolute Gasteiger partial charge is 0.153 e. The van der Waals surface area contributed by atoms with E-state index in [1.54, 1.807) is 0 Å². The molecule has 0 unspecified atom stereocenters. The van der Waals surface area contributed by atoms with Gasteiger partial charge < -0.3 is 10.2 Å². The van der Waals surface area contributed by atoms with Crippen LogP contribution in [-0.2, 0) is 0 Å². The van der Waals surface area contributed by atoms with E-state index in [2.05, 4.69) is 29.3 Å². The van der Waals surface area contributed by atoms with Gasteiger partial charge in [0.25, 0.3) is 0 Å². The molecule has 1 aromatic carbocycles. The highest BCUT2D eigenvalue weighted by Crippen LogP contribution is 2.35. The van der Waals surface area contributed by atoms with Crippen LogP contribution in [0.5, 0.6) is 0 Å². The molecular weight excluding hydrogens is 238 g/mol. The highest BCUT2D eigenvalue weighted by Gasteiger charge is 2.16. The summed E-state index contributed by atoms with van der Waals surface area (Å²) in [5, 5.41) is 7.04. The van der Waals surface area contributed by atoms with E-state index in [0.717, 1.165) is 28.3 Å². The molecule has 3 rings (SSSR count). The quantitative estimate of drug-likeness (QED) is 0.734. The van der Waals surface area contributed by atoms with Gasteiger partial charge in [-0.15, -0.1) is 0 Å². The Labute approximate surface area is 111 Å². The van der Waals surface area contributed by atoms with Gasteiger partial charge in [0.15, 0.2) is 11.6 Å². The Hall–Kier alpha value is -2.49. The minimum atomic E-state index is 0.480. The van der Waals surface area contributed by atoms with Crippen molar-refractivity contribution in [2.75, 3.05) is 5.73 Å². The number of nitrogen functional groups attached to an aromatic ring is 1. The number of nitrogens with zero attached hydrogens (tertiary/aromatic N) is 1. The van der Waals surface area contributed by atoms with Crippen molar-refractivity contribution in [1.29, 1.82) is 0 Å². The number of hydrogen-bond acceptors (Lipinski definition) is 3. The maximum absolute atomic E-state index is 5.97. The lowest BCUT2D eigenvalue weighted by atomic mass is 10.0. The lowest BCUT2D eigenvalue weighted by Crippen LogP contribution is -1.88. The molecule has 0 saturated carbocycles. The summed E-state index contributed by atoms with van der Waals surface area (Å²) < 4.78 is 5.64. The summed E-state index contributed by atoms with van der Waals surface area (Å²) in [7, 11) is 0. The number of aryl methyl sites for hydroxylation is 2. The number of aromatic nitrogens is 2. The molecule has 19 heavy (non-hydrogen) atoms. The van der Waals surface area contributed by atoms with Crippen LogP contribution >= 0.6 is 0 Å². The largest absolute Gasteiger partial charge is 0.460 e. The fourth-order valence-electron chi connectivity index (χ4n) is 2.12. The Morgan fingerprint density at radius 2 is 1.79 bits per heavy atom. The van der Waals surface area contributed by atoms with Crippen LogP contribution in [0, 0.1) is 13.8 Å². The number of benzene rings is 1. The number of furan rings is 1. The summed E-state index contributed by atoms with van der Waals surface area (Å²) in [6.07, 6.45) is 0. The van der Waals surface area contributed by atoms with Gasteiger partial charge in [0, 0.05) is 0 Å². The van der Waals surface area contributed by atoms with Gasteiger partial charge in [-0.05, 0) is 31.5 Å². The number of anilines is 1. The highest BCUT2D eigenvalue weighted by molar-refractivity contribution is 5.86. The molecule has 0 spiro atoms. The predicted octanol–water partition coefficient (Wildman–Crippen LogP) is 3.54. The first-order valence-electron chi connectivity index (χ1n) is 6.13. The van der Waals surface area contributed by atoms with Crippen LogP contribution in [0.4, 0.5) is 5.82 Å². The second-order valence-corrected chi connectivity index (χ2v) is 4.64.